The molecular weight excluding hydrogens is 162 g/mol. The van der Waals surface area contributed by atoms with E-state index in [1.54, 1.807) is 0 Å². The third-order valence-electron chi connectivity index (χ3n) is 2.24. The van der Waals surface area contributed by atoms with Gasteiger partial charge in [-0.1, -0.05) is 0 Å². The predicted molar refractivity (Wildman–Crippen MR) is 38.7 cm³/mol. The highest BCUT2D eigenvalue weighted by molar-refractivity contribution is 5.74. The van der Waals surface area contributed by atoms with E-state index in [-0.39, 0.29) is 0 Å². The third kappa shape index (κ3) is 1.20. The van der Waals surface area contributed by atoms with Gasteiger partial charge in [0.05, 0.1) is 19.8 Å². The van der Waals surface area contributed by atoms with Crippen molar-refractivity contribution in [2.24, 2.45) is 0 Å². The normalized spacial score (nSPS) is 32.8. The third-order valence-corrected chi connectivity index (χ3v) is 2.24. The zero-order valence-electron chi connectivity index (χ0n) is 6.58. The van der Waals surface area contributed by atoms with E-state index < -0.39 is 17.8 Å². The van der Waals surface area contributed by atoms with E-state index in [4.69, 9.17) is 14.6 Å². The van der Waals surface area contributed by atoms with Crippen molar-refractivity contribution in [1.29, 1.82) is 0 Å². The molecule has 2 rings (SSSR count). The number of rotatable bonds is 1. The van der Waals surface area contributed by atoms with E-state index >= 15 is 0 Å². The van der Waals surface area contributed by atoms with Crippen LogP contribution in [0.5, 0.6) is 0 Å². The zero-order chi connectivity index (χ0) is 8.60. The standard InChI is InChI=1S/C7H11NO4/c9-6(10)5-3-7(4-8-5)11-1-2-12-7/h5,8H,1-4H2,(H,9,10)/t5-/m1/s1. The molecule has 0 saturated carbocycles. The van der Waals surface area contributed by atoms with Gasteiger partial charge in [-0.25, -0.2) is 0 Å². The molecule has 0 aromatic heterocycles. The lowest BCUT2D eigenvalue weighted by atomic mass is 10.1. The Kier molecular flexibility index (Phi) is 1.79. The topological polar surface area (TPSA) is 67.8 Å². The molecule has 1 atom stereocenters. The molecule has 0 radical (unpaired) electrons. The maximum Gasteiger partial charge on any atom is 0.320 e. The van der Waals surface area contributed by atoms with Crippen molar-refractivity contribution in [3.8, 4) is 0 Å². The van der Waals surface area contributed by atoms with Crippen LogP contribution in [0.15, 0.2) is 0 Å². The first-order chi connectivity index (χ1) is 5.72. The van der Waals surface area contributed by atoms with Crippen molar-refractivity contribution >= 4 is 5.97 Å². The molecule has 2 aliphatic rings. The Balaban J connectivity index is 2.01. The molecule has 0 bridgehead atoms. The summed E-state index contributed by atoms with van der Waals surface area (Å²) in [5, 5.41) is 11.5. The summed E-state index contributed by atoms with van der Waals surface area (Å²) in [6.07, 6.45) is 0.405. The summed E-state index contributed by atoms with van der Waals surface area (Å²) in [6, 6.07) is -0.525. The molecule has 0 amide bonds. The average molecular weight is 173 g/mol. The largest absolute Gasteiger partial charge is 0.480 e. The predicted octanol–water partition coefficient (Wildman–Crippen LogP) is -0.824. The van der Waals surface area contributed by atoms with Gasteiger partial charge in [0.2, 0.25) is 0 Å². The van der Waals surface area contributed by atoms with Crippen LogP contribution in [-0.2, 0) is 14.3 Å². The van der Waals surface area contributed by atoms with Crippen molar-refractivity contribution < 1.29 is 19.4 Å². The maximum atomic E-state index is 10.6. The second-order valence-electron chi connectivity index (χ2n) is 3.08. The summed E-state index contributed by atoms with van der Waals surface area (Å²) in [7, 11) is 0. The molecule has 0 aromatic carbocycles. The van der Waals surface area contributed by atoms with Gasteiger partial charge < -0.3 is 14.6 Å². The van der Waals surface area contributed by atoms with Crippen LogP contribution in [0.3, 0.4) is 0 Å². The Morgan fingerprint density at radius 1 is 1.50 bits per heavy atom. The summed E-state index contributed by atoms with van der Waals surface area (Å²) in [5.74, 6) is -1.49. The fourth-order valence-corrected chi connectivity index (χ4v) is 1.63. The lowest BCUT2D eigenvalue weighted by Gasteiger charge is -2.19. The van der Waals surface area contributed by atoms with Crippen molar-refractivity contribution in [3.63, 3.8) is 0 Å². The lowest BCUT2D eigenvalue weighted by Crippen LogP contribution is -2.32. The number of hydrogen-bond donors (Lipinski definition) is 2. The van der Waals surface area contributed by atoms with Crippen LogP contribution >= 0.6 is 0 Å². The number of nitrogens with one attached hydrogen (secondary N) is 1. The number of carbonyl (C=O) groups is 1. The molecule has 1 spiro atoms. The monoisotopic (exact) mass is 173 g/mol. The van der Waals surface area contributed by atoms with Crippen molar-refractivity contribution in [3.05, 3.63) is 0 Å². The number of carboxylic acid groups (broad SMARTS) is 1. The van der Waals surface area contributed by atoms with Crippen LogP contribution in [-0.4, -0.2) is 42.7 Å². The molecule has 5 heteroatoms. The van der Waals surface area contributed by atoms with E-state index in [1.165, 1.54) is 0 Å². The Morgan fingerprint density at radius 2 is 2.17 bits per heavy atom. The fraction of sp³-hybridized carbons (Fsp3) is 0.857. The molecule has 0 unspecified atom stereocenters. The highest BCUT2D eigenvalue weighted by Gasteiger charge is 2.46. The maximum absolute atomic E-state index is 10.6. The van der Waals surface area contributed by atoms with Crippen molar-refractivity contribution in [2.75, 3.05) is 19.8 Å². The van der Waals surface area contributed by atoms with Crippen LogP contribution in [0.4, 0.5) is 0 Å². The van der Waals surface area contributed by atoms with E-state index in [9.17, 15) is 4.79 Å². The average Bonchev–Trinajstić information content (AvgIpc) is 2.62. The molecule has 2 aliphatic heterocycles. The Bertz CT molecular complexity index is 200. The summed E-state index contributed by atoms with van der Waals surface area (Å²) in [5.41, 5.74) is 0. The number of aliphatic carboxylic acids is 1. The molecular formula is C7H11NO4. The number of ether oxygens (including phenoxy) is 2. The van der Waals surface area contributed by atoms with Crippen LogP contribution in [0, 0.1) is 0 Å². The van der Waals surface area contributed by atoms with Gasteiger partial charge in [-0.05, 0) is 0 Å². The molecule has 0 aliphatic carbocycles. The van der Waals surface area contributed by atoms with E-state index in [0.29, 0.717) is 26.2 Å². The lowest BCUT2D eigenvalue weighted by molar-refractivity contribution is -0.150. The second-order valence-corrected chi connectivity index (χ2v) is 3.08. The highest BCUT2D eigenvalue weighted by Crippen LogP contribution is 2.28. The minimum atomic E-state index is -0.842. The smallest absolute Gasteiger partial charge is 0.320 e. The van der Waals surface area contributed by atoms with Crippen LogP contribution in [0.2, 0.25) is 0 Å². The van der Waals surface area contributed by atoms with Crippen LogP contribution in [0.1, 0.15) is 6.42 Å². The van der Waals surface area contributed by atoms with E-state index in [0.717, 1.165) is 0 Å². The zero-order valence-corrected chi connectivity index (χ0v) is 6.58. The Morgan fingerprint density at radius 3 is 2.67 bits per heavy atom. The fourth-order valence-electron chi connectivity index (χ4n) is 1.63. The Labute approximate surface area is 69.6 Å². The first-order valence-electron chi connectivity index (χ1n) is 3.96. The van der Waals surface area contributed by atoms with E-state index in [1.807, 2.05) is 0 Å². The first kappa shape index (κ1) is 7.97. The van der Waals surface area contributed by atoms with Gasteiger partial charge in [0.25, 0.3) is 0 Å². The van der Waals surface area contributed by atoms with Crippen molar-refractivity contribution in [2.45, 2.75) is 18.2 Å². The van der Waals surface area contributed by atoms with Gasteiger partial charge in [-0.2, -0.15) is 0 Å². The number of carboxylic acids is 1. The molecule has 5 nitrogen and oxygen atoms in total. The summed E-state index contributed by atoms with van der Waals surface area (Å²) in [4.78, 5) is 10.6. The first-order valence-corrected chi connectivity index (χ1v) is 3.96. The van der Waals surface area contributed by atoms with Gasteiger partial charge in [0, 0.05) is 6.42 Å². The summed E-state index contributed by atoms with van der Waals surface area (Å²) < 4.78 is 10.7. The molecule has 68 valence electrons. The van der Waals surface area contributed by atoms with Gasteiger partial charge >= 0.3 is 5.97 Å². The number of hydrogen-bond acceptors (Lipinski definition) is 4. The van der Waals surface area contributed by atoms with Gasteiger partial charge in [0.1, 0.15) is 6.04 Å². The van der Waals surface area contributed by atoms with Gasteiger partial charge in [-0.15, -0.1) is 0 Å². The van der Waals surface area contributed by atoms with Gasteiger partial charge in [0.15, 0.2) is 5.79 Å². The second kappa shape index (κ2) is 2.69. The minimum Gasteiger partial charge on any atom is -0.480 e. The van der Waals surface area contributed by atoms with Crippen molar-refractivity contribution in [1.82, 2.24) is 5.32 Å². The molecule has 2 fully saturated rings. The Hall–Kier alpha value is -0.650. The molecule has 2 heterocycles. The molecule has 2 N–H and O–H groups in total. The molecule has 0 aromatic rings. The van der Waals surface area contributed by atoms with Crippen LogP contribution < -0.4 is 5.32 Å². The van der Waals surface area contributed by atoms with Crippen LogP contribution in [0.25, 0.3) is 0 Å². The van der Waals surface area contributed by atoms with E-state index in [2.05, 4.69) is 5.32 Å². The minimum absolute atomic E-state index is 0.405. The highest BCUT2D eigenvalue weighted by atomic mass is 16.7. The molecule has 12 heavy (non-hydrogen) atoms. The summed E-state index contributed by atoms with van der Waals surface area (Å²) in [6.45, 7) is 1.60. The van der Waals surface area contributed by atoms with Gasteiger partial charge in [-0.3, -0.25) is 10.1 Å². The molecule has 2 saturated heterocycles. The summed E-state index contributed by atoms with van der Waals surface area (Å²) >= 11 is 0. The SMILES string of the molecule is O=C(O)[C@H]1CC2(CN1)OCCO2. The quantitative estimate of drug-likeness (QED) is 0.542.